The molecule has 0 bridgehead atoms. The number of ether oxygens (including phenoxy) is 2. The SMILES string of the molecule is O=C1NN(c2ccccc2)C(=O)C1=Cc1ccc(OCC(=O)N2CCOCC2)c(Cl)c1. The third kappa shape index (κ3) is 4.70. The number of halogens is 1. The first kappa shape index (κ1) is 20.9. The minimum absolute atomic E-state index is 0.00363. The molecule has 160 valence electrons. The lowest BCUT2D eigenvalue weighted by molar-refractivity contribution is -0.137. The zero-order chi connectivity index (χ0) is 21.8. The van der Waals surface area contributed by atoms with Crippen LogP contribution >= 0.6 is 11.6 Å². The van der Waals surface area contributed by atoms with Crippen LogP contribution in [-0.2, 0) is 19.1 Å². The maximum atomic E-state index is 12.7. The average molecular weight is 442 g/mol. The minimum Gasteiger partial charge on any atom is -0.482 e. The van der Waals surface area contributed by atoms with Crippen LogP contribution in [0.2, 0.25) is 5.02 Å². The Bertz CT molecular complexity index is 1030. The first-order chi connectivity index (χ1) is 15.0. The van der Waals surface area contributed by atoms with Gasteiger partial charge in [0.25, 0.3) is 17.7 Å². The smallest absolute Gasteiger partial charge is 0.282 e. The van der Waals surface area contributed by atoms with E-state index in [1.165, 1.54) is 11.1 Å². The topological polar surface area (TPSA) is 88.2 Å². The highest BCUT2D eigenvalue weighted by Crippen LogP contribution is 2.28. The van der Waals surface area contributed by atoms with Crippen molar-refractivity contribution in [1.29, 1.82) is 0 Å². The van der Waals surface area contributed by atoms with Crippen LogP contribution in [0.1, 0.15) is 5.56 Å². The zero-order valence-electron chi connectivity index (χ0n) is 16.5. The van der Waals surface area contributed by atoms with Crippen LogP contribution in [0.4, 0.5) is 5.69 Å². The van der Waals surface area contributed by atoms with Crippen LogP contribution in [0.5, 0.6) is 5.75 Å². The van der Waals surface area contributed by atoms with E-state index in [2.05, 4.69) is 5.43 Å². The first-order valence-corrected chi connectivity index (χ1v) is 10.1. The van der Waals surface area contributed by atoms with Crippen molar-refractivity contribution in [3.8, 4) is 5.75 Å². The van der Waals surface area contributed by atoms with Crippen molar-refractivity contribution in [3.05, 3.63) is 64.7 Å². The summed E-state index contributed by atoms with van der Waals surface area (Å²) in [6, 6.07) is 13.7. The van der Waals surface area contributed by atoms with E-state index < -0.39 is 11.8 Å². The summed E-state index contributed by atoms with van der Waals surface area (Å²) in [5, 5.41) is 1.47. The number of hydrazine groups is 1. The van der Waals surface area contributed by atoms with Crippen LogP contribution in [0.3, 0.4) is 0 Å². The van der Waals surface area contributed by atoms with Crippen molar-refractivity contribution in [3.63, 3.8) is 0 Å². The van der Waals surface area contributed by atoms with E-state index in [1.807, 2.05) is 6.07 Å². The minimum atomic E-state index is -0.499. The fourth-order valence-electron chi connectivity index (χ4n) is 3.25. The Morgan fingerprint density at radius 2 is 1.87 bits per heavy atom. The second-order valence-corrected chi connectivity index (χ2v) is 7.35. The fraction of sp³-hybridized carbons (Fsp3) is 0.227. The van der Waals surface area contributed by atoms with Crippen molar-refractivity contribution < 1.29 is 23.9 Å². The molecule has 2 aliphatic rings. The van der Waals surface area contributed by atoms with E-state index in [0.717, 1.165) is 0 Å². The molecule has 4 rings (SSSR count). The largest absolute Gasteiger partial charge is 0.482 e. The summed E-state index contributed by atoms with van der Waals surface area (Å²) in [7, 11) is 0. The van der Waals surface area contributed by atoms with Crippen LogP contribution in [-0.4, -0.2) is 55.5 Å². The van der Waals surface area contributed by atoms with Gasteiger partial charge < -0.3 is 14.4 Å². The van der Waals surface area contributed by atoms with E-state index in [4.69, 9.17) is 21.1 Å². The molecule has 0 radical (unpaired) electrons. The highest BCUT2D eigenvalue weighted by atomic mass is 35.5. The predicted molar refractivity (Wildman–Crippen MR) is 114 cm³/mol. The quantitative estimate of drug-likeness (QED) is 0.566. The Kier molecular flexibility index (Phi) is 6.20. The summed E-state index contributed by atoms with van der Waals surface area (Å²) in [6.45, 7) is 1.98. The summed E-state index contributed by atoms with van der Waals surface area (Å²) in [4.78, 5) is 38.9. The van der Waals surface area contributed by atoms with Gasteiger partial charge in [-0.1, -0.05) is 35.9 Å². The molecule has 3 amide bonds. The molecular weight excluding hydrogens is 422 g/mol. The molecule has 1 N–H and O–H groups in total. The molecule has 0 unspecified atom stereocenters. The number of para-hydroxylation sites is 1. The lowest BCUT2D eigenvalue weighted by atomic mass is 10.1. The number of benzene rings is 2. The standard InChI is InChI=1S/C22H20ClN3O5/c23-18-13-15(6-7-19(18)31-14-20(27)25-8-10-30-11-9-25)12-17-21(28)24-26(22(17)29)16-4-2-1-3-5-16/h1-7,12-13H,8-11,14H2,(H,24,28). The van der Waals surface area contributed by atoms with Crippen molar-refractivity contribution in [1.82, 2.24) is 10.3 Å². The molecule has 9 heteroatoms. The molecule has 2 heterocycles. The zero-order valence-corrected chi connectivity index (χ0v) is 17.3. The number of amides is 3. The third-order valence-electron chi connectivity index (χ3n) is 4.89. The molecule has 2 fully saturated rings. The first-order valence-electron chi connectivity index (χ1n) is 9.73. The maximum Gasteiger partial charge on any atom is 0.282 e. The molecule has 2 aliphatic heterocycles. The number of morpholine rings is 1. The molecule has 0 saturated carbocycles. The summed E-state index contributed by atoms with van der Waals surface area (Å²) in [5.74, 6) is -0.747. The van der Waals surface area contributed by atoms with Gasteiger partial charge >= 0.3 is 0 Å². The van der Waals surface area contributed by atoms with Crippen LogP contribution < -0.4 is 15.2 Å². The summed E-state index contributed by atoms with van der Waals surface area (Å²) < 4.78 is 10.8. The Morgan fingerprint density at radius 1 is 1.13 bits per heavy atom. The summed E-state index contributed by atoms with van der Waals surface area (Å²) in [6.07, 6.45) is 1.47. The third-order valence-corrected chi connectivity index (χ3v) is 5.18. The van der Waals surface area contributed by atoms with Crippen LogP contribution in [0.25, 0.3) is 6.08 Å². The van der Waals surface area contributed by atoms with E-state index in [-0.39, 0.29) is 23.1 Å². The van der Waals surface area contributed by atoms with E-state index in [0.29, 0.717) is 43.3 Å². The molecule has 0 aromatic heterocycles. The average Bonchev–Trinajstić information content (AvgIpc) is 3.08. The van der Waals surface area contributed by atoms with Gasteiger partial charge in [0, 0.05) is 13.1 Å². The van der Waals surface area contributed by atoms with Gasteiger partial charge in [0.05, 0.1) is 23.9 Å². The molecule has 2 aromatic carbocycles. The maximum absolute atomic E-state index is 12.7. The van der Waals surface area contributed by atoms with Crippen molar-refractivity contribution >= 4 is 41.1 Å². The fourth-order valence-corrected chi connectivity index (χ4v) is 3.49. The number of nitrogens with one attached hydrogen (secondary N) is 1. The number of carbonyl (C=O) groups is 3. The lowest BCUT2D eigenvalue weighted by Crippen LogP contribution is -2.42. The van der Waals surface area contributed by atoms with E-state index in [1.54, 1.807) is 47.4 Å². The Balaban J connectivity index is 1.44. The van der Waals surface area contributed by atoms with Crippen LogP contribution in [0, 0.1) is 0 Å². The second-order valence-electron chi connectivity index (χ2n) is 6.95. The van der Waals surface area contributed by atoms with Gasteiger partial charge in [-0.25, -0.2) is 5.01 Å². The number of rotatable bonds is 5. The molecule has 0 atom stereocenters. The summed E-state index contributed by atoms with van der Waals surface area (Å²) in [5.41, 5.74) is 3.67. The van der Waals surface area contributed by atoms with E-state index in [9.17, 15) is 14.4 Å². The molecular formula is C22H20ClN3O5. The molecule has 31 heavy (non-hydrogen) atoms. The predicted octanol–water partition coefficient (Wildman–Crippen LogP) is 2.04. The van der Waals surface area contributed by atoms with Gasteiger partial charge in [-0.3, -0.25) is 19.8 Å². The summed E-state index contributed by atoms with van der Waals surface area (Å²) >= 11 is 6.29. The number of anilines is 1. The Hall–Kier alpha value is -3.36. The number of hydrogen-bond acceptors (Lipinski definition) is 5. The van der Waals surface area contributed by atoms with E-state index >= 15 is 0 Å². The van der Waals surface area contributed by atoms with Gasteiger partial charge in [0.15, 0.2) is 6.61 Å². The van der Waals surface area contributed by atoms with Crippen molar-refractivity contribution in [2.75, 3.05) is 37.9 Å². The Labute approximate surface area is 183 Å². The lowest BCUT2D eigenvalue weighted by Gasteiger charge is -2.26. The number of carbonyl (C=O) groups excluding carboxylic acids is 3. The van der Waals surface area contributed by atoms with Gasteiger partial charge in [0.2, 0.25) is 0 Å². The molecule has 0 aliphatic carbocycles. The number of hydrogen-bond donors (Lipinski definition) is 1. The highest BCUT2D eigenvalue weighted by Gasteiger charge is 2.34. The Morgan fingerprint density at radius 3 is 2.58 bits per heavy atom. The van der Waals surface area contributed by atoms with Crippen molar-refractivity contribution in [2.45, 2.75) is 0 Å². The molecule has 0 spiro atoms. The van der Waals surface area contributed by atoms with Gasteiger partial charge in [-0.05, 0) is 35.9 Å². The molecule has 2 aromatic rings. The van der Waals surface area contributed by atoms with Gasteiger partial charge in [-0.2, -0.15) is 0 Å². The second kappa shape index (κ2) is 9.20. The van der Waals surface area contributed by atoms with Crippen LogP contribution in [0.15, 0.2) is 54.1 Å². The normalized spacial score (nSPS) is 17.8. The molecule has 2 saturated heterocycles. The number of nitrogens with zero attached hydrogens (tertiary/aromatic N) is 2. The van der Waals surface area contributed by atoms with Gasteiger partial charge in [0.1, 0.15) is 11.3 Å². The van der Waals surface area contributed by atoms with Crippen molar-refractivity contribution in [2.24, 2.45) is 0 Å². The highest BCUT2D eigenvalue weighted by molar-refractivity contribution is 6.33. The monoisotopic (exact) mass is 441 g/mol. The molecule has 8 nitrogen and oxygen atoms in total. The van der Waals surface area contributed by atoms with Gasteiger partial charge in [-0.15, -0.1) is 0 Å².